The fraction of sp³-hybridized carbons (Fsp3) is 0.308. The van der Waals surface area contributed by atoms with Gasteiger partial charge in [0.15, 0.2) is 0 Å². The number of ether oxygens (including phenoxy) is 1. The summed E-state index contributed by atoms with van der Waals surface area (Å²) in [6.45, 7) is 2.61. The van der Waals surface area contributed by atoms with Crippen LogP contribution in [0.1, 0.15) is 36.5 Å². The van der Waals surface area contributed by atoms with Gasteiger partial charge in [0.2, 0.25) is 15.9 Å². The third-order valence-corrected chi connectivity index (χ3v) is 8.95. The largest absolute Gasteiger partial charge is 0.478 e. The van der Waals surface area contributed by atoms with Gasteiger partial charge in [0.1, 0.15) is 10.6 Å². The predicted molar refractivity (Wildman–Crippen MR) is 141 cm³/mol. The van der Waals surface area contributed by atoms with Crippen molar-refractivity contribution >= 4 is 39.1 Å². The molecule has 0 amide bonds. The summed E-state index contributed by atoms with van der Waals surface area (Å²) in [5, 5.41) is 9.31. The van der Waals surface area contributed by atoms with Crippen LogP contribution in [-0.2, 0) is 10.0 Å². The first-order valence-electron chi connectivity index (χ1n) is 11.7. The van der Waals surface area contributed by atoms with Crippen LogP contribution in [0.4, 0.5) is 11.4 Å². The van der Waals surface area contributed by atoms with Crippen molar-refractivity contribution in [3.8, 4) is 11.6 Å². The summed E-state index contributed by atoms with van der Waals surface area (Å²) in [6, 6.07) is 15.6. The van der Waals surface area contributed by atoms with E-state index in [2.05, 4.69) is 16.8 Å². The van der Waals surface area contributed by atoms with E-state index in [1.165, 1.54) is 40.5 Å². The maximum atomic E-state index is 13.9. The van der Waals surface area contributed by atoms with Crippen LogP contribution >= 0.6 is 11.8 Å². The number of sulfonamides is 1. The van der Waals surface area contributed by atoms with E-state index in [1.807, 2.05) is 42.7 Å². The van der Waals surface area contributed by atoms with Crippen molar-refractivity contribution < 1.29 is 23.1 Å². The maximum absolute atomic E-state index is 13.9. The van der Waals surface area contributed by atoms with E-state index in [4.69, 9.17) is 4.74 Å². The molecule has 190 valence electrons. The van der Waals surface area contributed by atoms with Gasteiger partial charge in [-0.2, -0.15) is 4.31 Å². The molecule has 1 atom stereocenters. The first kappa shape index (κ1) is 26.0. The second-order valence-corrected chi connectivity index (χ2v) is 11.3. The average molecular weight is 528 g/mol. The Hall–Kier alpha value is -3.08. The van der Waals surface area contributed by atoms with Crippen LogP contribution in [0, 0.1) is 0 Å². The summed E-state index contributed by atoms with van der Waals surface area (Å²) in [6.07, 6.45) is 5.86. The number of aromatic nitrogens is 1. The molecule has 3 aromatic rings. The molecule has 2 heterocycles. The Morgan fingerprint density at radius 3 is 2.61 bits per heavy atom. The summed E-state index contributed by atoms with van der Waals surface area (Å²) in [5.74, 6) is -0.728. The lowest BCUT2D eigenvalue weighted by Crippen LogP contribution is -2.40. The number of unbranched alkanes of at least 4 members (excludes halogenated alkanes) is 1. The lowest BCUT2D eigenvalue weighted by Gasteiger charge is -2.29. The molecule has 0 bridgehead atoms. The summed E-state index contributed by atoms with van der Waals surface area (Å²) >= 11 is 1.41. The zero-order chi connectivity index (χ0) is 25.9. The van der Waals surface area contributed by atoms with E-state index in [1.54, 1.807) is 7.05 Å². The zero-order valence-electron chi connectivity index (χ0n) is 20.4. The van der Waals surface area contributed by atoms with E-state index in [9.17, 15) is 18.3 Å². The standard InChI is InChI=1S/C26H29N3O5S2/c1-4-5-9-20-17-29(19-10-7-6-8-11-19)21-15-23(35-3)22(16-24(21)36(32,33)28(20)2)34-25-14-18(26(30)31)12-13-27-25/h6-8,10-16,20H,4-5,9,17H2,1-3H3,(H,30,31). The highest BCUT2D eigenvalue weighted by Crippen LogP contribution is 2.44. The number of rotatable bonds is 8. The lowest BCUT2D eigenvalue weighted by molar-refractivity contribution is 0.0696. The van der Waals surface area contributed by atoms with Gasteiger partial charge in [-0.1, -0.05) is 38.0 Å². The number of carbonyl (C=O) groups is 1. The molecule has 1 N–H and O–H groups in total. The molecule has 1 aromatic heterocycles. The molecular weight excluding hydrogens is 498 g/mol. The van der Waals surface area contributed by atoms with E-state index >= 15 is 0 Å². The smallest absolute Gasteiger partial charge is 0.335 e. The molecule has 1 aliphatic rings. The number of likely N-dealkylation sites (N-methyl/N-ethyl adjacent to an activating group) is 1. The topological polar surface area (TPSA) is 100 Å². The van der Waals surface area contributed by atoms with Gasteiger partial charge in [0.05, 0.1) is 16.1 Å². The number of carboxylic acid groups (broad SMARTS) is 1. The second kappa shape index (κ2) is 10.9. The number of fused-ring (bicyclic) bond motifs is 1. The molecule has 2 aromatic carbocycles. The quantitative estimate of drug-likeness (QED) is 0.377. The van der Waals surface area contributed by atoms with Gasteiger partial charge < -0.3 is 14.7 Å². The molecule has 0 saturated heterocycles. The Balaban J connectivity index is 1.88. The first-order chi connectivity index (χ1) is 17.3. The van der Waals surface area contributed by atoms with Gasteiger partial charge in [0.25, 0.3) is 0 Å². The zero-order valence-corrected chi connectivity index (χ0v) is 22.1. The van der Waals surface area contributed by atoms with Gasteiger partial charge in [-0.3, -0.25) is 0 Å². The minimum Gasteiger partial charge on any atom is -0.478 e. The molecule has 0 radical (unpaired) electrons. The van der Waals surface area contributed by atoms with E-state index < -0.39 is 16.0 Å². The number of hydrogen-bond donors (Lipinski definition) is 1. The summed E-state index contributed by atoms with van der Waals surface area (Å²) in [7, 11) is -2.22. The monoisotopic (exact) mass is 527 g/mol. The molecule has 8 nitrogen and oxygen atoms in total. The van der Waals surface area contributed by atoms with Gasteiger partial charge in [0, 0.05) is 43.7 Å². The van der Waals surface area contributed by atoms with Crippen LogP contribution in [0.15, 0.2) is 70.6 Å². The first-order valence-corrected chi connectivity index (χ1v) is 14.3. The average Bonchev–Trinajstić information content (AvgIpc) is 2.96. The van der Waals surface area contributed by atoms with E-state index in [0.717, 1.165) is 24.9 Å². The highest BCUT2D eigenvalue weighted by molar-refractivity contribution is 7.98. The molecule has 0 saturated carbocycles. The Kier molecular flexibility index (Phi) is 7.87. The highest BCUT2D eigenvalue weighted by Gasteiger charge is 2.37. The van der Waals surface area contributed by atoms with Gasteiger partial charge in [-0.05, 0) is 36.9 Å². The molecular formula is C26H29N3O5S2. The predicted octanol–water partition coefficient (Wildman–Crippen LogP) is 5.63. The number of para-hydroxylation sites is 1. The minimum atomic E-state index is -3.85. The van der Waals surface area contributed by atoms with Gasteiger partial charge >= 0.3 is 5.97 Å². The van der Waals surface area contributed by atoms with Crippen molar-refractivity contribution in [2.24, 2.45) is 0 Å². The van der Waals surface area contributed by atoms with Crippen molar-refractivity contribution in [3.63, 3.8) is 0 Å². The number of hydrogen-bond acceptors (Lipinski definition) is 7. The van der Waals surface area contributed by atoms with Crippen molar-refractivity contribution in [1.29, 1.82) is 0 Å². The number of anilines is 2. The SMILES string of the molecule is CCCCC1CN(c2ccccc2)c2cc(SC)c(Oc3cc(C(=O)O)ccn3)cc2S(=O)(=O)N1C. The second-order valence-electron chi connectivity index (χ2n) is 8.52. The third kappa shape index (κ3) is 5.21. The molecule has 1 unspecified atom stereocenters. The van der Waals surface area contributed by atoms with Crippen LogP contribution in [0.25, 0.3) is 0 Å². The Morgan fingerprint density at radius 2 is 1.94 bits per heavy atom. The van der Waals surface area contributed by atoms with Crippen molar-refractivity contribution in [1.82, 2.24) is 9.29 Å². The van der Waals surface area contributed by atoms with Crippen LogP contribution in [0.5, 0.6) is 11.6 Å². The van der Waals surface area contributed by atoms with Crippen molar-refractivity contribution in [2.45, 2.75) is 42.0 Å². The van der Waals surface area contributed by atoms with Crippen LogP contribution in [-0.4, -0.2) is 54.7 Å². The van der Waals surface area contributed by atoms with Crippen molar-refractivity contribution in [2.75, 3.05) is 24.7 Å². The Morgan fingerprint density at radius 1 is 1.19 bits per heavy atom. The van der Waals surface area contributed by atoms with Crippen LogP contribution < -0.4 is 9.64 Å². The van der Waals surface area contributed by atoms with E-state index in [-0.39, 0.29) is 22.4 Å². The molecule has 0 spiro atoms. The highest BCUT2D eigenvalue weighted by atomic mass is 32.2. The van der Waals surface area contributed by atoms with E-state index in [0.29, 0.717) is 22.9 Å². The van der Waals surface area contributed by atoms with Crippen LogP contribution in [0.2, 0.25) is 0 Å². The molecule has 0 aliphatic carbocycles. The van der Waals surface area contributed by atoms with Gasteiger partial charge in [-0.15, -0.1) is 11.8 Å². The molecule has 1 aliphatic heterocycles. The molecule has 36 heavy (non-hydrogen) atoms. The number of benzene rings is 2. The van der Waals surface area contributed by atoms with Crippen molar-refractivity contribution in [3.05, 3.63) is 66.4 Å². The number of carboxylic acids is 1. The minimum absolute atomic E-state index is 0.0295. The summed E-state index contributed by atoms with van der Waals surface area (Å²) in [4.78, 5) is 18.4. The normalized spacial score (nSPS) is 17.3. The summed E-state index contributed by atoms with van der Waals surface area (Å²) < 4.78 is 35.2. The number of nitrogens with zero attached hydrogens (tertiary/aromatic N) is 3. The molecule has 10 heteroatoms. The third-order valence-electron chi connectivity index (χ3n) is 6.26. The fourth-order valence-electron chi connectivity index (χ4n) is 4.24. The Labute approximate surface area is 216 Å². The van der Waals surface area contributed by atoms with Gasteiger partial charge in [-0.25, -0.2) is 18.2 Å². The fourth-order valence-corrected chi connectivity index (χ4v) is 6.33. The number of aromatic carboxylic acids is 1. The lowest BCUT2D eigenvalue weighted by atomic mass is 10.1. The number of pyridine rings is 1. The summed E-state index contributed by atoms with van der Waals surface area (Å²) in [5.41, 5.74) is 1.51. The molecule has 0 fully saturated rings. The van der Waals surface area contributed by atoms with Crippen LogP contribution in [0.3, 0.4) is 0 Å². The molecule has 4 rings (SSSR count). The Bertz CT molecular complexity index is 1350. The number of thioether (sulfide) groups is 1. The maximum Gasteiger partial charge on any atom is 0.335 e.